The molecule has 110 valence electrons. The minimum Gasteiger partial charge on any atom is -0.376 e. The van der Waals surface area contributed by atoms with Gasteiger partial charge in [-0.15, -0.1) is 0 Å². The largest absolute Gasteiger partial charge is 0.376 e. The molecule has 1 heterocycles. The zero-order valence-corrected chi connectivity index (χ0v) is 12.7. The van der Waals surface area contributed by atoms with E-state index in [0.29, 0.717) is 5.56 Å². The van der Waals surface area contributed by atoms with Crippen molar-refractivity contribution in [2.24, 2.45) is 0 Å². The van der Waals surface area contributed by atoms with Gasteiger partial charge in [0, 0.05) is 18.0 Å². The van der Waals surface area contributed by atoms with E-state index >= 15 is 0 Å². The van der Waals surface area contributed by atoms with E-state index in [1.54, 1.807) is 12.4 Å². The Morgan fingerprint density at radius 1 is 0.773 bits per heavy atom. The number of nitrogens with zero attached hydrogens (tertiary/aromatic N) is 2. The molecule has 0 spiro atoms. The summed E-state index contributed by atoms with van der Waals surface area (Å²) in [7, 11) is 0. The minimum absolute atomic E-state index is 0.657. The average molecular weight is 290 g/mol. The first-order valence-corrected chi connectivity index (χ1v) is 7.23. The molecular weight excluding hydrogens is 272 g/mol. The first-order chi connectivity index (χ1) is 10.6. The Balaban J connectivity index is 2.26. The molecule has 1 N–H and O–H groups in total. The van der Waals surface area contributed by atoms with Gasteiger partial charge < -0.3 is 5.11 Å². The molecule has 0 bridgehead atoms. The second-order valence-electron chi connectivity index (χ2n) is 5.50. The lowest BCUT2D eigenvalue weighted by molar-refractivity contribution is 0.125. The van der Waals surface area contributed by atoms with Gasteiger partial charge >= 0.3 is 0 Å². The number of hydrogen-bond acceptors (Lipinski definition) is 3. The van der Waals surface area contributed by atoms with Crippen molar-refractivity contribution < 1.29 is 5.11 Å². The van der Waals surface area contributed by atoms with Gasteiger partial charge in [-0.3, -0.25) is 0 Å². The molecule has 0 aliphatic heterocycles. The molecule has 3 nitrogen and oxygen atoms in total. The molecule has 0 fully saturated rings. The van der Waals surface area contributed by atoms with Crippen LogP contribution in [0.4, 0.5) is 0 Å². The summed E-state index contributed by atoms with van der Waals surface area (Å²) >= 11 is 0. The van der Waals surface area contributed by atoms with Crippen molar-refractivity contribution in [1.82, 2.24) is 9.97 Å². The van der Waals surface area contributed by atoms with Crippen LogP contribution in [0.25, 0.3) is 0 Å². The topological polar surface area (TPSA) is 46.0 Å². The van der Waals surface area contributed by atoms with Gasteiger partial charge in [-0.2, -0.15) is 0 Å². The number of aliphatic hydroxyl groups is 1. The van der Waals surface area contributed by atoms with Crippen LogP contribution in [0.1, 0.15) is 27.8 Å². The molecule has 0 amide bonds. The Morgan fingerprint density at radius 3 is 2.09 bits per heavy atom. The summed E-state index contributed by atoms with van der Waals surface area (Å²) in [5.41, 5.74) is 3.35. The highest BCUT2D eigenvalue weighted by Gasteiger charge is 2.34. The average Bonchev–Trinajstić information content (AvgIpc) is 2.58. The third-order valence-corrected chi connectivity index (χ3v) is 4.09. The van der Waals surface area contributed by atoms with E-state index in [1.807, 2.05) is 55.5 Å². The first kappa shape index (κ1) is 14.4. The van der Waals surface area contributed by atoms with Crippen LogP contribution in [0.2, 0.25) is 0 Å². The van der Waals surface area contributed by atoms with Crippen molar-refractivity contribution in [3.05, 3.63) is 95.1 Å². The van der Waals surface area contributed by atoms with E-state index in [2.05, 4.69) is 16.9 Å². The molecule has 22 heavy (non-hydrogen) atoms. The van der Waals surface area contributed by atoms with Crippen LogP contribution >= 0.6 is 0 Å². The van der Waals surface area contributed by atoms with Crippen LogP contribution in [-0.4, -0.2) is 15.1 Å². The maximum Gasteiger partial charge on any atom is 0.143 e. The molecular formula is C19H18N2O. The molecule has 3 aromatic rings. The molecule has 3 rings (SSSR count). The first-order valence-electron chi connectivity index (χ1n) is 7.23. The minimum atomic E-state index is -1.26. The van der Waals surface area contributed by atoms with Gasteiger partial charge in [0.2, 0.25) is 0 Å². The second-order valence-corrected chi connectivity index (χ2v) is 5.50. The monoisotopic (exact) mass is 290 g/mol. The molecule has 0 radical (unpaired) electrons. The second kappa shape index (κ2) is 5.70. The lowest BCUT2D eigenvalue weighted by Crippen LogP contribution is -2.29. The standard InChI is InChI=1S/C19H18N2O/c1-14-8-9-17(10-15(14)2)19(22,16-6-4-3-5-7-16)18-11-20-13-21-12-18/h3-13,22H,1-2H3/t19-/m0/s1. The van der Waals surface area contributed by atoms with Crippen LogP contribution in [0, 0.1) is 13.8 Å². The fourth-order valence-electron chi connectivity index (χ4n) is 2.63. The summed E-state index contributed by atoms with van der Waals surface area (Å²) < 4.78 is 0. The van der Waals surface area contributed by atoms with Crippen LogP contribution in [0.5, 0.6) is 0 Å². The van der Waals surface area contributed by atoms with Crippen molar-refractivity contribution in [1.29, 1.82) is 0 Å². The van der Waals surface area contributed by atoms with Crippen LogP contribution < -0.4 is 0 Å². The fourth-order valence-corrected chi connectivity index (χ4v) is 2.63. The van der Waals surface area contributed by atoms with Gasteiger partial charge in [0.1, 0.15) is 11.9 Å². The summed E-state index contributed by atoms with van der Waals surface area (Å²) in [6.07, 6.45) is 4.79. The van der Waals surface area contributed by atoms with Crippen molar-refractivity contribution >= 4 is 0 Å². The summed E-state index contributed by atoms with van der Waals surface area (Å²) in [5.74, 6) is 0. The summed E-state index contributed by atoms with van der Waals surface area (Å²) in [6, 6.07) is 15.6. The van der Waals surface area contributed by atoms with Gasteiger partial charge in [-0.05, 0) is 36.1 Å². The third kappa shape index (κ3) is 2.40. The molecule has 1 aromatic heterocycles. The van der Waals surface area contributed by atoms with E-state index in [9.17, 15) is 5.11 Å². The van der Waals surface area contributed by atoms with E-state index in [1.165, 1.54) is 11.9 Å². The highest BCUT2D eigenvalue weighted by atomic mass is 16.3. The SMILES string of the molecule is Cc1ccc([C@@](O)(c2ccccc2)c2cncnc2)cc1C. The highest BCUT2D eigenvalue weighted by molar-refractivity contribution is 5.47. The Bertz CT molecular complexity index is 730. The predicted molar refractivity (Wildman–Crippen MR) is 86.5 cm³/mol. The van der Waals surface area contributed by atoms with Crippen LogP contribution in [0.3, 0.4) is 0 Å². The Kier molecular flexibility index (Phi) is 3.73. The lowest BCUT2D eigenvalue weighted by atomic mass is 9.81. The van der Waals surface area contributed by atoms with Gasteiger partial charge in [-0.25, -0.2) is 9.97 Å². The zero-order chi connectivity index (χ0) is 15.6. The Labute approximate surface area is 130 Å². The molecule has 2 aromatic carbocycles. The quantitative estimate of drug-likeness (QED) is 0.804. The maximum absolute atomic E-state index is 11.6. The number of aryl methyl sites for hydroxylation is 2. The van der Waals surface area contributed by atoms with Gasteiger partial charge in [0.25, 0.3) is 0 Å². The third-order valence-electron chi connectivity index (χ3n) is 4.09. The van der Waals surface area contributed by atoms with E-state index < -0.39 is 5.60 Å². The molecule has 0 saturated carbocycles. The van der Waals surface area contributed by atoms with E-state index in [4.69, 9.17) is 0 Å². The molecule has 1 atom stereocenters. The summed E-state index contributed by atoms with van der Waals surface area (Å²) in [5, 5.41) is 11.6. The van der Waals surface area contributed by atoms with Gasteiger partial charge in [-0.1, -0.05) is 48.5 Å². The Morgan fingerprint density at radius 2 is 1.45 bits per heavy atom. The number of aromatic nitrogens is 2. The van der Waals surface area contributed by atoms with E-state index in [0.717, 1.165) is 16.7 Å². The number of benzene rings is 2. The number of hydrogen-bond donors (Lipinski definition) is 1. The maximum atomic E-state index is 11.6. The van der Waals surface area contributed by atoms with Crippen LogP contribution in [-0.2, 0) is 5.60 Å². The van der Waals surface area contributed by atoms with Gasteiger partial charge in [0.05, 0.1) is 0 Å². The fraction of sp³-hybridized carbons (Fsp3) is 0.158. The van der Waals surface area contributed by atoms with Crippen LogP contribution in [0.15, 0.2) is 67.3 Å². The molecule has 0 aliphatic carbocycles. The smallest absolute Gasteiger partial charge is 0.143 e. The lowest BCUT2D eigenvalue weighted by Gasteiger charge is -2.30. The summed E-state index contributed by atoms with van der Waals surface area (Å²) in [4.78, 5) is 8.14. The normalized spacial score (nSPS) is 13.6. The molecule has 0 unspecified atom stereocenters. The van der Waals surface area contributed by atoms with Gasteiger partial charge in [0.15, 0.2) is 0 Å². The molecule has 3 heteroatoms. The van der Waals surface area contributed by atoms with E-state index in [-0.39, 0.29) is 0 Å². The summed E-state index contributed by atoms with van der Waals surface area (Å²) in [6.45, 7) is 4.11. The predicted octanol–water partition coefficient (Wildman–Crippen LogP) is 3.38. The van der Waals surface area contributed by atoms with Crippen molar-refractivity contribution in [3.8, 4) is 0 Å². The zero-order valence-electron chi connectivity index (χ0n) is 12.7. The molecule has 0 saturated heterocycles. The number of rotatable bonds is 3. The Hall–Kier alpha value is -2.52. The molecule has 0 aliphatic rings. The highest BCUT2D eigenvalue weighted by Crippen LogP contribution is 2.36. The van der Waals surface area contributed by atoms with Crippen molar-refractivity contribution in [3.63, 3.8) is 0 Å². The van der Waals surface area contributed by atoms with Crippen molar-refractivity contribution in [2.45, 2.75) is 19.4 Å². The van der Waals surface area contributed by atoms with Crippen molar-refractivity contribution in [2.75, 3.05) is 0 Å².